The first-order chi connectivity index (χ1) is 30.5. The fourth-order valence-electron chi connectivity index (χ4n) is 10.4. The maximum absolute atomic E-state index is 13.4. The second kappa shape index (κ2) is 17.2. The molecule has 0 radical (unpaired) electrons. The van der Waals surface area contributed by atoms with E-state index in [-0.39, 0.29) is 47.6 Å². The molecule has 0 spiro atoms. The van der Waals surface area contributed by atoms with E-state index >= 15 is 0 Å². The topological polar surface area (TPSA) is 166 Å². The zero-order valence-electron chi connectivity index (χ0n) is 36.4. The number of hydrogen-bond acceptors (Lipinski definition) is 9. The van der Waals surface area contributed by atoms with E-state index in [2.05, 4.69) is 26.6 Å². The summed E-state index contributed by atoms with van der Waals surface area (Å²) < 4.78 is 51.6. The molecule has 1 unspecified atom stereocenters. The van der Waals surface area contributed by atoms with Crippen molar-refractivity contribution in [3.63, 3.8) is 0 Å². The molecule has 5 heterocycles. The van der Waals surface area contributed by atoms with Crippen molar-refractivity contribution in [3.8, 4) is 0 Å². The standard InChI is InChI=1S/C47H55F3N8O6/c1-46(2,63)34-24-36-30(23-37(34)52-43(60)35-7-5-9-40(51-35)47(48,49)50)26-57(54-36)31-12-10-27(11-13-31)25-56-18-16-32(17-19-56)64-33-21-28(22-33)20-29-6-4-8-38-42(29)55(3)45(62)58(38)39-14-15-41(59)53-44(39)61/h4-9,23-24,26-28,31-33,39,63H,10-22,25H2,1-3H3,(H,52,60)(H,53,59,61). The van der Waals surface area contributed by atoms with Gasteiger partial charge in [-0.3, -0.25) is 33.5 Å². The number of imide groups is 1. The van der Waals surface area contributed by atoms with Crippen molar-refractivity contribution < 1.29 is 37.4 Å². The molecule has 5 aromatic rings. The Morgan fingerprint density at radius 1 is 0.938 bits per heavy atom. The Morgan fingerprint density at radius 2 is 1.67 bits per heavy atom. The van der Waals surface area contributed by atoms with Crippen LogP contribution >= 0.6 is 0 Å². The molecule has 3 N–H and O–H groups in total. The highest BCUT2D eigenvalue weighted by molar-refractivity contribution is 6.04. The van der Waals surface area contributed by atoms with Gasteiger partial charge in [-0.2, -0.15) is 18.3 Å². The smallest absolute Gasteiger partial charge is 0.386 e. The van der Waals surface area contributed by atoms with Gasteiger partial charge in [-0.15, -0.1) is 0 Å². The van der Waals surface area contributed by atoms with E-state index in [4.69, 9.17) is 9.84 Å². The van der Waals surface area contributed by atoms with Crippen LogP contribution in [0.1, 0.15) is 117 Å². The zero-order valence-corrected chi connectivity index (χ0v) is 36.4. The number of para-hydroxylation sites is 1. The molecular formula is C47H55F3N8O6. The van der Waals surface area contributed by atoms with Gasteiger partial charge in [0.2, 0.25) is 11.8 Å². The summed E-state index contributed by atoms with van der Waals surface area (Å²) in [4.78, 5) is 56.9. The van der Waals surface area contributed by atoms with Crippen LogP contribution in [0.3, 0.4) is 0 Å². The number of rotatable bonds is 11. The Morgan fingerprint density at radius 3 is 2.38 bits per heavy atom. The summed E-state index contributed by atoms with van der Waals surface area (Å²) in [6, 6.07) is 12.0. The number of likely N-dealkylation sites (tertiary alicyclic amines) is 1. The minimum atomic E-state index is -4.69. The van der Waals surface area contributed by atoms with Gasteiger partial charge in [0.05, 0.1) is 40.4 Å². The predicted molar refractivity (Wildman–Crippen MR) is 233 cm³/mol. The van der Waals surface area contributed by atoms with Crippen LogP contribution in [0.15, 0.2) is 59.5 Å². The van der Waals surface area contributed by atoms with Crippen molar-refractivity contribution in [3.05, 3.63) is 87.7 Å². The average molecular weight is 885 g/mol. The Labute approximate surface area is 368 Å². The van der Waals surface area contributed by atoms with E-state index < -0.39 is 35.3 Å². The fraction of sp³-hybridized carbons (Fsp3) is 0.532. The second-order valence-electron chi connectivity index (χ2n) is 18.9. The van der Waals surface area contributed by atoms with E-state index in [1.807, 2.05) is 23.0 Å². The highest BCUT2D eigenvalue weighted by Gasteiger charge is 2.37. The predicted octanol–water partition coefficient (Wildman–Crippen LogP) is 6.79. The van der Waals surface area contributed by atoms with Crippen LogP contribution in [0.25, 0.3) is 21.9 Å². The normalized spacial score (nSPS) is 24.0. The summed E-state index contributed by atoms with van der Waals surface area (Å²) in [5.74, 6) is -0.508. The number of hydrogen-bond donors (Lipinski definition) is 3. The number of halogens is 3. The number of ether oxygens (including phenoxy) is 1. The first-order valence-corrected chi connectivity index (χ1v) is 22.5. The molecule has 340 valence electrons. The van der Waals surface area contributed by atoms with Crippen molar-refractivity contribution in [2.45, 2.75) is 121 Å². The summed E-state index contributed by atoms with van der Waals surface area (Å²) in [7, 11) is 1.75. The fourth-order valence-corrected chi connectivity index (χ4v) is 10.4. The van der Waals surface area contributed by atoms with Crippen LogP contribution < -0.4 is 16.3 Å². The van der Waals surface area contributed by atoms with Gasteiger partial charge >= 0.3 is 11.9 Å². The molecule has 2 saturated heterocycles. The first-order valence-electron chi connectivity index (χ1n) is 22.5. The molecule has 2 aromatic carbocycles. The Kier molecular flexibility index (Phi) is 11.8. The second-order valence-corrected chi connectivity index (χ2v) is 18.9. The number of pyridine rings is 1. The Hall–Kier alpha value is -5.39. The van der Waals surface area contributed by atoms with Crippen LogP contribution in [0, 0.1) is 11.8 Å². The number of aryl methyl sites for hydroxylation is 1. The van der Waals surface area contributed by atoms with E-state index in [9.17, 15) is 37.5 Å². The van der Waals surface area contributed by atoms with Crippen molar-refractivity contribution in [2.75, 3.05) is 25.0 Å². The summed E-state index contributed by atoms with van der Waals surface area (Å²) in [5.41, 5.74) is 0.814. The van der Waals surface area contributed by atoms with Crippen LogP contribution in [-0.4, -0.2) is 83.5 Å². The van der Waals surface area contributed by atoms with Gasteiger partial charge < -0.3 is 20.1 Å². The molecule has 17 heteroatoms. The maximum Gasteiger partial charge on any atom is 0.433 e. The molecule has 2 aliphatic heterocycles. The number of alkyl halides is 3. The highest BCUT2D eigenvalue weighted by Crippen LogP contribution is 2.39. The number of aromatic nitrogens is 5. The molecule has 14 nitrogen and oxygen atoms in total. The van der Waals surface area contributed by atoms with E-state index in [1.165, 1.54) is 6.07 Å². The number of piperidine rings is 2. The van der Waals surface area contributed by atoms with Crippen LogP contribution in [0.5, 0.6) is 0 Å². The van der Waals surface area contributed by atoms with Crippen molar-refractivity contribution >= 4 is 45.3 Å². The molecule has 1 atom stereocenters. The molecule has 3 amide bonds. The minimum Gasteiger partial charge on any atom is -0.386 e. The number of nitrogens with one attached hydrogen (secondary N) is 2. The minimum absolute atomic E-state index is 0.200. The van der Waals surface area contributed by atoms with Gasteiger partial charge in [0.25, 0.3) is 5.91 Å². The molecule has 0 bridgehead atoms. The lowest BCUT2D eigenvalue weighted by Crippen LogP contribution is -2.44. The lowest BCUT2D eigenvalue weighted by molar-refractivity contribution is -0.141. The number of aliphatic hydroxyl groups is 1. The number of carbonyl (C=O) groups excluding carboxylic acids is 3. The lowest BCUT2D eigenvalue weighted by atomic mass is 9.78. The van der Waals surface area contributed by atoms with Gasteiger partial charge in [-0.05, 0) is 126 Å². The molecule has 4 fully saturated rings. The number of anilines is 1. The van der Waals surface area contributed by atoms with Gasteiger partial charge in [0.1, 0.15) is 17.4 Å². The zero-order chi connectivity index (χ0) is 45.1. The summed E-state index contributed by atoms with van der Waals surface area (Å²) in [5, 5.41) is 21.7. The monoisotopic (exact) mass is 884 g/mol. The maximum atomic E-state index is 13.4. The number of amides is 3. The van der Waals surface area contributed by atoms with Crippen molar-refractivity contribution in [2.24, 2.45) is 18.9 Å². The summed E-state index contributed by atoms with van der Waals surface area (Å²) in [6.07, 6.45) is 7.16. The lowest BCUT2D eigenvalue weighted by Gasteiger charge is -2.41. The summed E-state index contributed by atoms with van der Waals surface area (Å²) in [6.45, 7) is 6.24. The molecule has 3 aromatic heterocycles. The van der Waals surface area contributed by atoms with Crippen molar-refractivity contribution in [1.82, 2.24) is 34.1 Å². The van der Waals surface area contributed by atoms with Gasteiger partial charge in [-0.1, -0.05) is 18.2 Å². The molecule has 2 saturated carbocycles. The Bertz CT molecular complexity index is 2640. The third kappa shape index (κ3) is 8.98. The molecule has 9 rings (SSSR count). The van der Waals surface area contributed by atoms with Crippen LogP contribution in [0.4, 0.5) is 18.9 Å². The SMILES string of the molecule is Cn1c(=O)n(C2CCC(=O)NC2=O)c2cccc(CC3CC(OC4CCN(CC5CCC(n6cc7cc(NC(=O)c8cccc(C(F)(F)F)n8)c(C(C)(C)O)cc7n6)CC5)CC4)C3)c21. The quantitative estimate of drug-likeness (QED) is 0.121. The highest BCUT2D eigenvalue weighted by atomic mass is 19.4. The van der Waals surface area contributed by atoms with Crippen molar-refractivity contribution in [1.29, 1.82) is 0 Å². The number of imidazole rings is 1. The number of benzene rings is 2. The number of carbonyl (C=O) groups is 3. The average Bonchev–Trinajstić information content (AvgIpc) is 3.77. The van der Waals surface area contributed by atoms with Gasteiger partial charge in [0.15, 0.2) is 0 Å². The molecular weight excluding hydrogens is 830 g/mol. The number of nitrogens with zero attached hydrogens (tertiary/aromatic N) is 6. The van der Waals surface area contributed by atoms with E-state index in [0.717, 1.165) is 112 Å². The number of fused-ring (bicyclic) bond motifs is 2. The van der Waals surface area contributed by atoms with Crippen LogP contribution in [-0.2, 0) is 39.6 Å². The molecule has 4 aliphatic rings. The summed E-state index contributed by atoms with van der Waals surface area (Å²) >= 11 is 0. The Balaban J connectivity index is 0.739. The van der Waals surface area contributed by atoms with Gasteiger partial charge in [0, 0.05) is 55.9 Å². The molecule has 64 heavy (non-hydrogen) atoms. The van der Waals surface area contributed by atoms with Crippen LogP contribution in [0.2, 0.25) is 0 Å². The largest absolute Gasteiger partial charge is 0.433 e. The third-order valence-corrected chi connectivity index (χ3v) is 13.9. The molecule has 2 aliphatic carbocycles. The third-order valence-electron chi connectivity index (χ3n) is 13.9. The van der Waals surface area contributed by atoms with E-state index in [1.54, 1.807) is 42.2 Å². The van der Waals surface area contributed by atoms with Gasteiger partial charge in [-0.25, -0.2) is 9.78 Å². The first kappa shape index (κ1) is 43.8. The van der Waals surface area contributed by atoms with E-state index in [0.29, 0.717) is 29.3 Å².